The predicted octanol–water partition coefficient (Wildman–Crippen LogP) is 0.553. The van der Waals surface area contributed by atoms with Crippen LogP contribution in [0.4, 0.5) is 5.95 Å². The summed E-state index contributed by atoms with van der Waals surface area (Å²) in [4.78, 5) is 21.6. The van der Waals surface area contributed by atoms with Crippen LogP contribution in [0.2, 0.25) is 0 Å². The lowest BCUT2D eigenvalue weighted by Crippen LogP contribution is -2.28. The number of H-pyrrole nitrogens is 1. The van der Waals surface area contributed by atoms with Gasteiger partial charge in [-0.25, -0.2) is 0 Å². The Labute approximate surface area is 117 Å². The first-order valence-electron chi connectivity index (χ1n) is 7.08. The fraction of sp³-hybridized carbons (Fsp3) is 0.615. The summed E-state index contributed by atoms with van der Waals surface area (Å²) in [6.07, 6.45) is 3.79. The molecule has 1 atom stereocenters. The molecule has 2 N–H and O–H groups in total. The van der Waals surface area contributed by atoms with Gasteiger partial charge < -0.3 is 10.2 Å². The predicted molar refractivity (Wildman–Crippen MR) is 77.9 cm³/mol. The molecule has 0 spiro atoms. The number of rotatable bonds is 4. The molecule has 0 radical (unpaired) electrons. The Morgan fingerprint density at radius 1 is 1.55 bits per heavy atom. The topological polar surface area (TPSA) is 78.8 Å². The normalized spacial score (nSPS) is 19.8. The van der Waals surface area contributed by atoms with Crippen molar-refractivity contribution in [1.82, 2.24) is 24.6 Å². The third kappa shape index (κ3) is 2.40. The van der Waals surface area contributed by atoms with Crippen LogP contribution >= 0.6 is 0 Å². The fourth-order valence-electron chi connectivity index (χ4n) is 2.76. The summed E-state index contributed by atoms with van der Waals surface area (Å²) in [6, 6.07) is 0.343. The van der Waals surface area contributed by atoms with Crippen LogP contribution in [0.3, 0.4) is 0 Å². The van der Waals surface area contributed by atoms with Crippen molar-refractivity contribution < 1.29 is 0 Å². The lowest BCUT2D eigenvalue weighted by molar-refractivity contribution is 0.337. The van der Waals surface area contributed by atoms with Gasteiger partial charge in [-0.1, -0.05) is 6.92 Å². The van der Waals surface area contributed by atoms with E-state index >= 15 is 0 Å². The molecular weight excluding hydrogens is 256 g/mol. The first-order valence-corrected chi connectivity index (χ1v) is 7.08. The van der Waals surface area contributed by atoms with Crippen molar-refractivity contribution in [2.24, 2.45) is 7.05 Å². The quantitative estimate of drug-likeness (QED) is 0.852. The summed E-state index contributed by atoms with van der Waals surface area (Å²) < 4.78 is 1.62. The van der Waals surface area contributed by atoms with Crippen molar-refractivity contribution in [1.29, 1.82) is 0 Å². The van der Waals surface area contributed by atoms with Crippen LogP contribution < -0.4 is 10.9 Å². The minimum absolute atomic E-state index is 0.144. The van der Waals surface area contributed by atoms with Gasteiger partial charge in [0.15, 0.2) is 5.65 Å². The van der Waals surface area contributed by atoms with Crippen molar-refractivity contribution in [3.05, 3.63) is 16.6 Å². The second kappa shape index (κ2) is 5.24. The smallest absolute Gasteiger partial charge is 0.263 e. The zero-order valence-electron chi connectivity index (χ0n) is 11.9. The second-order valence-corrected chi connectivity index (χ2v) is 5.35. The third-order valence-electron chi connectivity index (χ3n) is 3.75. The molecule has 108 valence electrons. The molecule has 2 aromatic heterocycles. The van der Waals surface area contributed by atoms with E-state index in [4.69, 9.17) is 0 Å². The van der Waals surface area contributed by atoms with E-state index in [1.807, 2.05) is 0 Å². The minimum Gasteiger partial charge on any atom is -0.352 e. The molecule has 3 rings (SSSR count). The lowest BCUT2D eigenvalue weighted by Gasteiger charge is -2.15. The number of aryl methyl sites for hydroxylation is 1. The van der Waals surface area contributed by atoms with Gasteiger partial charge in [0.2, 0.25) is 5.95 Å². The highest BCUT2D eigenvalue weighted by Gasteiger charge is 2.22. The molecule has 1 unspecified atom stereocenters. The molecule has 0 saturated carbocycles. The van der Waals surface area contributed by atoms with Gasteiger partial charge in [-0.15, -0.1) is 0 Å². The summed E-state index contributed by atoms with van der Waals surface area (Å²) >= 11 is 0. The van der Waals surface area contributed by atoms with E-state index in [-0.39, 0.29) is 5.56 Å². The van der Waals surface area contributed by atoms with E-state index in [9.17, 15) is 4.79 Å². The van der Waals surface area contributed by atoms with Crippen molar-refractivity contribution in [2.45, 2.75) is 25.8 Å². The number of hydrogen-bond acceptors (Lipinski definition) is 5. The van der Waals surface area contributed by atoms with Gasteiger partial charge in [0.25, 0.3) is 5.56 Å². The molecule has 20 heavy (non-hydrogen) atoms. The van der Waals surface area contributed by atoms with Gasteiger partial charge in [0.1, 0.15) is 5.39 Å². The number of aromatic amines is 1. The highest BCUT2D eigenvalue weighted by atomic mass is 16.1. The highest BCUT2D eigenvalue weighted by molar-refractivity contribution is 5.74. The molecule has 1 aliphatic rings. The maximum atomic E-state index is 12.0. The van der Waals surface area contributed by atoms with Crippen molar-refractivity contribution in [3.8, 4) is 0 Å². The van der Waals surface area contributed by atoms with Crippen LogP contribution in [0, 0.1) is 0 Å². The Morgan fingerprint density at radius 3 is 3.20 bits per heavy atom. The van der Waals surface area contributed by atoms with E-state index < -0.39 is 0 Å². The van der Waals surface area contributed by atoms with E-state index in [0.717, 1.165) is 26.1 Å². The first kappa shape index (κ1) is 13.1. The first-order chi connectivity index (χ1) is 9.67. The van der Waals surface area contributed by atoms with Crippen molar-refractivity contribution >= 4 is 17.0 Å². The summed E-state index contributed by atoms with van der Waals surface area (Å²) in [6.45, 7) is 5.42. The van der Waals surface area contributed by atoms with Crippen LogP contribution in [0.15, 0.2) is 11.0 Å². The average Bonchev–Trinajstić information content (AvgIpc) is 2.99. The number of hydrogen-bond donors (Lipinski definition) is 2. The number of aromatic nitrogens is 4. The summed E-state index contributed by atoms with van der Waals surface area (Å²) in [7, 11) is 1.79. The minimum atomic E-state index is -0.144. The maximum absolute atomic E-state index is 12.0. The summed E-state index contributed by atoms with van der Waals surface area (Å²) in [5, 5.41) is 7.92. The van der Waals surface area contributed by atoms with Crippen LogP contribution in [-0.4, -0.2) is 50.3 Å². The maximum Gasteiger partial charge on any atom is 0.263 e. The number of nitrogens with one attached hydrogen (secondary N) is 2. The molecule has 0 bridgehead atoms. The summed E-state index contributed by atoms with van der Waals surface area (Å²) in [5.74, 6) is 0.537. The monoisotopic (exact) mass is 276 g/mol. The van der Waals surface area contributed by atoms with E-state index in [1.54, 1.807) is 17.9 Å². The Morgan fingerprint density at radius 2 is 2.40 bits per heavy atom. The molecule has 0 amide bonds. The van der Waals surface area contributed by atoms with Gasteiger partial charge >= 0.3 is 0 Å². The van der Waals surface area contributed by atoms with E-state index in [2.05, 4.69) is 32.2 Å². The lowest BCUT2D eigenvalue weighted by atomic mass is 10.3. The number of nitrogens with zero attached hydrogens (tertiary/aromatic N) is 4. The standard InChI is InChI=1S/C13H20N6O/c1-3-5-19-6-4-9(8-19)15-13-16-11-10(12(20)17-13)7-14-18(11)2/h7,9H,3-6,8H2,1-2H3,(H2,15,16,17,20). The van der Waals surface area contributed by atoms with Crippen molar-refractivity contribution in [3.63, 3.8) is 0 Å². The molecule has 7 heteroatoms. The molecule has 7 nitrogen and oxygen atoms in total. The van der Waals surface area contributed by atoms with Crippen LogP contribution in [0.25, 0.3) is 11.0 Å². The van der Waals surface area contributed by atoms with Crippen LogP contribution in [-0.2, 0) is 7.05 Å². The largest absolute Gasteiger partial charge is 0.352 e. The van der Waals surface area contributed by atoms with E-state index in [0.29, 0.717) is 23.0 Å². The molecule has 1 saturated heterocycles. The van der Waals surface area contributed by atoms with E-state index in [1.165, 1.54) is 6.42 Å². The highest BCUT2D eigenvalue weighted by Crippen LogP contribution is 2.14. The molecule has 1 aliphatic heterocycles. The van der Waals surface area contributed by atoms with Gasteiger partial charge in [0.05, 0.1) is 6.20 Å². The Hall–Kier alpha value is -1.89. The van der Waals surface area contributed by atoms with Crippen LogP contribution in [0.1, 0.15) is 19.8 Å². The van der Waals surface area contributed by atoms with Gasteiger partial charge in [0, 0.05) is 26.2 Å². The van der Waals surface area contributed by atoms with Gasteiger partial charge in [-0.3, -0.25) is 14.5 Å². The SMILES string of the molecule is CCCN1CCC(Nc2nc3c(cnn3C)c(=O)[nH]2)C1. The second-order valence-electron chi connectivity index (χ2n) is 5.35. The molecule has 1 fully saturated rings. The Balaban J connectivity index is 1.78. The number of anilines is 1. The number of likely N-dealkylation sites (tertiary alicyclic amines) is 1. The van der Waals surface area contributed by atoms with Crippen LogP contribution in [0.5, 0.6) is 0 Å². The zero-order valence-corrected chi connectivity index (χ0v) is 11.9. The molecule has 3 heterocycles. The van der Waals surface area contributed by atoms with Crippen molar-refractivity contribution in [2.75, 3.05) is 25.0 Å². The molecule has 0 aromatic carbocycles. The molecular formula is C13H20N6O. The molecule has 2 aromatic rings. The third-order valence-corrected chi connectivity index (χ3v) is 3.75. The fourth-order valence-corrected chi connectivity index (χ4v) is 2.76. The Bertz CT molecular complexity index is 660. The Kier molecular flexibility index (Phi) is 3.43. The average molecular weight is 276 g/mol. The number of fused-ring (bicyclic) bond motifs is 1. The molecule has 0 aliphatic carbocycles. The summed E-state index contributed by atoms with van der Waals surface area (Å²) in [5.41, 5.74) is 0.466. The zero-order chi connectivity index (χ0) is 14.1. The van der Waals surface area contributed by atoms with Gasteiger partial charge in [-0.05, 0) is 19.4 Å². The van der Waals surface area contributed by atoms with Gasteiger partial charge in [-0.2, -0.15) is 10.1 Å².